The van der Waals surface area contributed by atoms with Gasteiger partial charge in [-0.3, -0.25) is 4.98 Å². The topological polar surface area (TPSA) is 33.1 Å². The molecule has 1 aromatic heterocycles. The molecule has 3 saturated heterocycles. The third-order valence-electron chi connectivity index (χ3n) is 7.64. The SMILES string of the molecule is C=CC1C[N+]2(Cc3ccc(F)c(F)c3F)CCC1CC2[C@H](O)c1ccnc2ccccc12.[Br-]. The van der Waals surface area contributed by atoms with Crippen molar-refractivity contribution in [3.63, 3.8) is 0 Å². The summed E-state index contributed by atoms with van der Waals surface area (Å²) in [4.78, 5) is 4.40. The summed E-state index contributed by atoms with van der Waals surface area (Å²) in [5.74, 6) is -3.12. The Labute approximate surface area is 201 Å². The lowest BCUT2D eigenvalue weighted by Gasteiger charge is -2.58. The largest absolute Gasteiger partial charge is 1.00 e. The molecule has 3 aliphatic heterocycles. The van der Waals surface area contributed by atoms with E-state index < -0.39 is 23.6 Å². The average molecular weight is 519 g/mol. The molecule has 7 heteroatoms. The predicted octanol–water partition coefficient (Wildman–Crippen LogP) is 2.30. The lowest BCUT2D eigenvalue weighted by molar-refractivity contribution is -0.985. The number of halogens is 4. The van der Waals surface area contributed by atoms with Crippen LogP contribution in [0.1, 0.15) is 30.1 Å². The van der Waals surface area contributed by atoms with E-state index in [0.29, 0.717) is 16.9 Å². The van der Waals surface area contributed by atoms with Gasteiger partial charge in [-0.05, 0) is 35.7 Å². The van der Waals surface area contributed by atoms with Gasteiger partial charge in [-0.15, -0.1) is 6.58 Å². The Balaban J connectivity index is 0.00000259. The molecule has 174 valence electrons. The van der Waals surface area contributed by atoms with Gasteiger partial charge in [-0.1, -0.05) is 24.3 Å². The lowest BCUT2D eigenvalue weighted by Crippen LogP contribution is -3.00. The normalized spacial score (nSPS) is 27.2. The van der Waals surface area contributed by atoms with Gasteiger partial charge in [-0.25, -0.2) is 13.2 Å². The minimum absolute atomic E-state index is 0. The Hall–Kier alpha value is -2.22. The molecule has 33 heavy (non-hydrogen) atoms. The van der Waals surface area contributed by atoms with E-state index in [1.54, 1.807) is 6.20 Å². The zero-order chi connectivity index (χ0) is 22.5. The monoisotopic (exact) mass is 518 g/mol. The van der Waals surface area contributed by atoms with Crippen LogP contribution in [0.4, 0.5) is 13.2 Å². The molecule has 1 N–H and O–H groups in total. The van der Waals surface area contributed by atoms with Gasteiger partial charge in [0.1, 0.15) is 18.7 Å². The molecule has 0 aliphatic carbocycles. The summed E-state index contributed by atoms with van der Waals surface area (Å²) in [6.07, 6.45) is 4.55. The second-order valence-electron chi connectivity index (χ2n) is 9.23. The molecule has 3 fully saturated rings. The second-order valence-corrected chi connectivity index (χ2v) is 9.23. The molecule has 3 aliphatic rings. The first kappa shape index (κ1) is 23.9. The van der Waals surface area contributed by atoms with E-state index in [4.69, 9.17) is 0 Å². The molecule has 4 heterocycles. The first-order valence-electron chi connectivity index (χ1n) is 11.1. The molecule has 4 unspecified atom stereocenters. The zero-order valence-corrected chi connectivity index (χ0v) is 19.7. The Morgan fingerprint density at radius 2 is 1.91 bits per heavy atom. The standard InChI is InChI=1S/C26H26F3N2O.BrH/c1-2-16-14-31(15-18-7-8-21(27)25(29)24(18)28)12-10-17(16)13-23(31)26(32)20-9-11-30-22-6-4-3-5-19(20)22;/h2-9,11,16-17,23,26,32H,1,10,12-15H2;1H/q+1;/p-1/t16?,17?,23?,26-,31?;/m1./s1. The minimum atomic E-state index is -1.44. The number of aromatic nitrogens is 1. The molecule has 0 radical (unpaired) electrons. The van der Waals surface area contributed by atoms with E-state index >= 15 is 0 Å². The Morgan fingerprint density at radius 3 is 2.70 bits per heavy atom. The van der Waals surface area contributed by atoms with Crippen molar-refractivity contribution in [3.05, 3.63) is 89.9 Å². The molecule has 0 spiro atoms. The molecule has 0 saturated carbocycles. The van der Waals surface area contributed by atoms with Gasteiger partial charge in [-0.2, -0.15) is 0 Å². The number of hydrogen-bond donors (Lipinski definition) is 1. The van der Waals surface area contributed by atoms with Gasteiger partial charge >= 0.3 is 0 Å². The fourth-order valence-electron chi connectivity index (χ4n) is 5.99. The highest BCUT2D eigenvalue weighted by atomic mass is 79.9. The number of quaternary nitrogens is 1. The average Bonchev–Trinajstić information content (AvgIpc) is 2.83. The number of rotatable bonds is 5. The van der Waals surface area contributed by atoms with Crippen molar-refractivity contribution < 1.29 is 39.7 Å². The van der Waals surface area contributed by atoms with Gasteiger partial charge in [0.25, 0.3) is 0 Å². The van der Waals surface area contributed by atoms with E-state index in [1.165, 1.54) is 6.07 Å². The van der Waals surface area contributed by atoms with Crippen LogP contribution in [0, 0.1) is 29.3 Å². The van der Waals surface area contributed by atoms with Crippen LogP contribution in [0.2, 0.25) is 0 Å². The summed E-state index contributed by atoms with van der Waals surface area (Å²) in [6.45, 7) is 5.63. The number of hydrogen-bond acceptors (Lipinski definition) is 2. The number of pyridine rings is 1. The smallest absolute Gasteiger partial charge is 0.194 e. The Morgan fingerprint density at radius 1 is 1.12 bits per heavy atom. The van der Waals surface area contributed by atoms with Crippen LogP contribution in [0.3, 0.4) is 0 Å². The van der Waals surface area contributed by atoms with Crippen LogP contribution >= 0.6 is 0 Å². The maximum absolute atomic E-state index is 14.7. The van der Waals surface area contributed by atoms with Crippen molar-refractivity contribution in [1.82, 2.24) is 4.98 Å². The number of piperidine rings is 3. The number of benzene rings is 2. The van der Waals surface area contributed by atoms with Crippen molar-refractivity contribution in [2.45, 2.75) is 31.5 Å². The summed E-state index contributed by atoms with van der Waals surface area (Å²) in [6, 6.07) is 11.6. The quantitative estimate of drug-likeness (QED) is 0.319. The number of fused-ring (bicyclic) bond motifs is 4. The number of para-hydroxylation sites is 1. The van der Waals surface area contributed by atoms with Crippen LogP contribution in [-0.2, 0) is 6.54 Å². The van der Waals surface area contributed by atoms with E-state index in [0.717, 1.165) is 41.9 Å². The van der Waals surface area contributed by atoms with Gasteiger partial charge in [0.2, 0.25) is 0 Å². The van der Waals surface area contributed by atoms with E-state index in [2.05, 4.69) is 11.6 Å². The fourth-order valence-corrected chi connectivity index (χ4v) is 5.99. The third kappa shape index (κ3) is 4.00. The maximum Gasteiger partial charge on any atom is 0.194 e. The van der Waals surface area contributed by atoms with Crippen LogP contribution in [-0.4, -0.2) is 33.7 Å². The molecule has 5 atom stereocenters. The molecule has 3 nitrogen and oxygen atoms in total. The van der Waals surface area contributed by atoms with Crippen molar-refractivity contribution in [2.24, 2.45) is 11.8 Å². The Bertz CT molecular complexity index is 1180. The predicted molar refractivity (Wildman–Crippen MR) is 117 cm³/mol. The Kier molecular flexibility index (Phi) is 6.67. The molecular weight excluding hydrogens is 493 g/mol. The summed E-state index contributed by atoms with van der Waals surface area (Å²) < 4.78 is 42.6. The van der Waals surface area contributed by atoms with Crippen molar-refractivity contribution >= 4 is 10.9 Å². The van der Waals surface area contributed by atoms with Crippen molar-refractivity contribution in [2.75, 3.05) is 13.1 Å². The van der Waals surface area contributed by atoms with Gasteiger partial charge in [0.05, 0.1) is 18.6 Å². The van der Waals surface area contributed by atoms with Crippen LogP contribution in [0.5, 0.6) is 0 Å². The number of aliphatic hydroxyl groups excluding tert-OH is 1. The van der Waals surface area contributed by atoms with Crippen LogP contribution < -0.4 is 17.0 Å². The third-order valence-corrected chi connectivity index (χ3v) is 7.64. The van der Waals surface area contributed by atoms with Gasteiger partial charge in [0.15, 0.2) is 17.5 Å². The van der Waals surface area contributed by atoms with Crippen molar-refractivity contribution in [1.29, 1.82) is 0 Å². The molecule has 6 rings (SSSR count). The molecule has 0 amide bonds. The first-order chi connectivity index (χ1) is 15.4. The highest BCUT2D eigenvalue weighted by molar-refractivity contribution is 5.82. The maximum atomic E-state index is 14.7. The molecule has 2 aromatic carbocycles. The van der Waals surface area contributed by atoms with Gasteiger partial charge < -0.3 is 26.6 Å². The zero-order valence-electron chi connectivity index (χ0n) is 18.1. The van der Waals surface area contributed by atoms with E-state index in [9.17, 15) is 18.3 Å². The summed E-state index contributed by atoms with van der Waals surface area (Å²) >= 11 is 0. The van der Waals surface area contributed by atoms with Gasteiger partial charge in [0, 0.05) is 35.9 Å². The highest BCUT2D eigenvalue weighted by Gasteiger charge is 2.54. The minimum Gasteiger partial charge on any atom is -1.00 e. The highest BCUT2D eigenvalue weighted by Crippen LogP contribution is 2.48. The number of aliphatic hydroxyl groups is 1. The van der Waals surface area contributed by atoms with Crippen LogP contribution in [0.15, 0.2) is 61.3 Å². The fraction of sp³-hybridized carbons (Fsp3) is 0.346. The number of nitrogens with zero attached hydrogens (tertiary/aromatic N) is 2. The first-order valence-corrected chi connectivity index (χ1v) is 11.1. The van der Waals surface area contributed by atoms with E-state index in [-0.39, 0.29) is 41.0 Å². The van der Waals surface area contributed by atoms with Crippen molar-refractivity contribution in [3.8, 4) is 0 Å². The molecule has 3 aromatic rings. The molecule has 2 bridgehead atoms. The lowest BCUT2D eigenvalue weighted by atomic mass is 9.71. The summed E-state index contributed by atoms with van der Waals surface area (Å²) in [5, 5.41) is 12.5. The summed E-state index contributed by atoms with van der Waals surface area (Å²) in [7, 11) is 0. The van der Waals surface area contributed by atoms with E-state index in [1.807, 2.05) is 36.4 Å². The van der Waals surface area contributed by atoms with Crippen LogP contribution in [0.25, 0.3) is 10.9 Å². The summed E-state index contributed by atoms with van der Waals surface area (Å²) in [5.41, 5.74) is 1.75. The second kappa shape index (κ2) is 9.20. The molecular formula is C26H26BrF3N2O.